The van der Waals surface area contributed by atoms with Gasteiger partial charge in [0.2, 0.25) is 5.95 Å². The van der Waals surface area contributed by atoms with E-state index in [1.54, 1.807) is 0 Å². The summed E-state index contributed by atoms with van der Waals surface area (Å²) in [7, 11) is -0.471. The summed E-state index contributed by atoms with van der Waals surface area (Å²) in [6.07, 6.45) is -1.24. The summed E-state index contributed by atoms with van der Waals surface area (Å²) in [4.78, 5) is 22.6. The smallest absolute Gasteiger partial charge is 0.374 e. The first-order valence-electron chi connectivity index (χ1n) is 7.48. The van der Waals surface area contributed by atoms with Crippen LogP contribution in [0.3, 0.4) is 0 Å². The lowest BCUT2D eigenvalue weighted by atomic mass is 10.1. The highest BCUT2D eigenvalue weighted by molar-refractivity contribution is 8.39. The number of fused-ring (bicyclic) bond motifs is 1. The lowest BCUT2D eigenvalue weighted by molar-refractivity contribution is -0.0550. The van der Waals surface area contributed by atoms with Crippen molar-refractivity contribution >= 4 is 45.4 Å². The van der Waals surface area contributed by atoms with Crippen molar-refractivity contribution in [3.05, 3.63) is 16.7 Å². The number of nitrogens with zero attached hydrogens (tertiary/aromatic N) is 3. The Morgan fingerprint density at radius 1 is 1.54 bits per heavy atom. The predicted octanol–water partition coefficient (Wildman–Crippen LogP) is 0.826. The van der Waals surface area contributed by atoms with Crippen LogP contribution in [0.5, 0.6) is 0 Å². The maximum Gasteiger partial charge on any atom is 0.582 e. The van der Waals surface area contributed by atoms with Crippen molar-refractivity contribution in [2.45, 2.75) is 24.5 Å². The van der Waals surface area contributed by atoms with Gasteiger partial charge >= 0.3 is 7.23 Å². The van der Waals surface area contributed by atoms with Gasteiger partial charge in [-0.05, 0) is 11.2 Å². The first kappa shape index (κ1) is 19.6. The zero-order valence-corrected chi connectivity index (χ0v) is 16.6. The number of ether oxygens (including phenoxy) is 2. The number of nitrogens with two attached hydrogens (primary N) is 1. The number of anilines is 1. The van der Waals surface area contributed by atoms with Gasteiger partial charge in [-0.15, -0.1) is 4.52 Å². The number of H-pyrrole nitrogens is 1. The fourth-order valence-corrected chi connectivity index (χ4v) is 3.96. The molecule has 3 rings (SSSR count). The molecule has 1 aliphatic heterocycles. The maximum atomic E-state index is 12.0. The second-order valence-corrected chi connectivity index (χ2v) is 7.73. The van der Waals surface area contributed by atoms with Crippen molar-refractivity contribution in [1.29, 1.82) is 0 Å². The van der Waals surface area contributed by atoms with Crippen molar-refractivity contribution in [1.82, 2.24) is 19.5 Å². The van der Waals surface area contributed by atoms with Gasteiger partial charge in [-0.2, -0.15) is 4.98 Å². The van der Waals surface area contributed by atoms with Gasteiger partial charge in [0, 0.05) is 15.9 Å². The van der Waals surface area contributed by atoms with Crippen LogP contribution in [-0.4, -0.2) is 58.2 Å². The number of aromatic amines is 1. The molecular weight excluding hydrogens is 404 g/mol. The Morgan fingerprint density at radius 3 is 2.96 bits per heavy atom. The molecule has 3 heterocycles. The van der Waals surface area contributed by atoms with Crippen LogP contribution in [0.2, 0.25) is 0 Å². The molecule has 1 saturated heterocycles. The lowest BCUT2D eigenvalue weighted by Gasteiger charge is -2.19. The molecule has 14 heteroatoms. The van der Waals surface area contributed by atoms with Crippen molar-refractivity contribution < 1.29 is 23.1 Å². The van der Waals surface area contributed by atoms with Gasteiger partial charge in [0.15, 0.2) is 23.5 Å². The van der Waals surface area contributed by atoms with Crippen LogP contribution in [-0.2, 0) is 23.1 Å². The van der Waals surface area contributed by atoms with Gasteiger partial charge in [-0.1, -0.05) is 0 Å². The number of nitrogen functional groups attached to an aromatic ring is 1. The van der Waals surface area contributed by atoms with E-state index in [-0.39, 0.29) is 32.5 Å². The summed E-state index contributed by atoms with van der Waals surface area (Å²) >= 11 is 3.82. The summed E-state index contributed by atoms with van der Waals surface area (Å²) in [6.45, 7) is 2.09. The van der Waals surface area contributed by atoms with E-state index in [0.717, 1.165) is 0 Å². The Balaban J connectivity index is 2.01. The largest absolute Gasteiger partial charge is 0.582 e. The van der Waals surface area contributed by atoms with Crippen molar-refractivity contribution in [2.75, 3.05) is 26.1 Å². The van der Waals surface area contributed by atoms with Crippen molar-refractivity contribution in [3.8, 4) is 0 Å². The minimum Gasteiger partial charge on any atom is -0.374 e. The van der Waals surface area contributed by atoms with Gasteiger partial charge < -0.3 is 19.7 Å². The van der Waals surface area contributed by atoms with Gasteiger partial charge in [0.25, 0.3) is 5.56 Å². The fraction of sp³-hybridized carbons (Fsp3) is 0.583. The summed E-state index contributed by atoms with van der Waals surface area (Å²) in [5, 5.41) is 0. The number of methoxy groups -OCH3 is 1. The molecule has 142 valence electrons. The number of hydrogen-bond donors (Lipinski definition) is 3. The fourth-order valence-electron chi connectivity index (χ4n) is 2.84. The highest BCUT2D eigenvalue weighted by Crippen LogP contribution is 2.41. The van der Waals surface area contributed by atoms with Gasteiger partial charge in [0.1, 0.15) is 24.5 Å². The molecule has 3 N–H and O–H groups in total. The van der Waals surface area contributed by atoms with E-state index in [9.17, 15) is 9.36 Å². The molecule has 2 aromatic rings. The van der Waals surface area contributed by atoms with Gasteiger partial charge in [-0.25, -0.2) is 4.98 Å². The Labute approximate surface area is 155 Å². The van der Waals surface area contributed by atoms with Crippen LogP contribution in [0.1, 0.15) is 6.23 Å². The van der Waals surface area contributed by atoms with E-state index in [4.69, 9.17) is 24.3 Å². The number of rotatable bonds is 7. The lowest BCUT2D eigenvalue weighted by Crippen LogP contribution is -2.36. The standard InChI is InChI=1S/C12H17N5O6P2S/c1-20-8-7(23-25(19)26)5(3-21-24-2)22-11(8)17-4-14-6-9(17)15-12(13)16-10(6)18/h4-5,7-8,11,24H,3H2,1-2H3,(H3-,13,15,16,18,19,26)/p+1. The minimum atomic E-state index is -2.19. The van der Waals surface area contributed by atoms with Crippen molar-refractivity contribution in [2.24, 2.45) is 0 Å². The van der Waals surface area contributed by atoms with E-state index < -0.39 is 37.3 Å². The second-order valence-electron chi connectivity index (χ2n) is 5.36. The number of imidazole rings is 1. The highest BCUT2D eigenvalue weighted by atomic mass is 32.7. The summed E-state index contributed by atoms with van der Waals surface area (Å²) in [5.41, 5.74) is 5.53. The molecule has 0 bridgehead atoms. The van der Waals surface area contributed by atoms with Crippen LogP contribution < -0.4 is 11.3 Å². The van der Waals surface area contributed by atoms with E-state index >= 15 is 0 Å². The quantitative estimate of drug-likeness (QED) is 0.436. The monoisotopic (exact) mass is 422 g/mol. The molecule has 6 atom stereocenters. The predicted molar refractivity (Wildman–Crippen MR) is 98.9 cm³/mol. The van der Waals surface area contributed by atoms with Crippen molar-refractivity contribution in [3.63, 3.8) is 0 Å². The number of nitrogens with one attached hydrogen (secondary N) is 1. The molecule has 0 aliphatic carbocycles. The third kappa shape index (κ3) is 3.77. The first-order valence-corrected chi connectivity index (χ1v) is 11.2. The Morgan fingerprint density at radius 2 is 2.31 bits per heavy atom. The number of hydrogen-bond acceptors (Lipinski definition) is 9. The average molecular weight is 422 g/mol. The van der Waals surface area contributed by atoms with E-state index in [2.05, 4.69) is 27.2 Å². The molecule has 0 radical (unpaired) electrons. The van der Waals surface area contributed by atoms with Crippen LogP contribution in [0.15, 0.2) is 11.1 Å². The third-order valence-electron chi connectivity index (χ3n) is 3.89. The van der Waals surface area contributed by atoms with Gasteiger partial charge in [0.05, 0.1) is 12.9 Å². The molecule has 0 aromatic carbocycles. The topological polar surface area (TPSA) is 144 Å². The summed E-state index contributed by atoms with van der Waals surface area (Å²) < 4.78 is 35.4. The average Bonchev–Trinajstić information content (AvgIpc) is 3.13. The molecule has 0 amide bonds. The van der Waals surface area contributed by atoms with Gasteiger partial charge in [-0.3, -0.25) is 14.3 Å². The minimum absolute atomic E-state index is 0.0467. The summed E-state index contributed by atoms with van der Waals surface area (Å²) in [5.74, 6) is -0.0467. The van der Waals surface area contributed by atoms with Crippen LogP contribution in [0, 0.1) is 0 Å². The van der Waals surface area contributed by atoms with Crippen LogP contribution >= 0.6 is 28.3 Å². The van der Waals surface area contributed by atoms with E-state index in [1.807, 2.05) is 6.66 Å². The van der Waals surface area contributed by atoms with E-state index in [1.165, 1.54) is 18.0 Å². The molecule has 2 aromatic heterocycles. The Bertz CT molecular complexity index is 862. The normalized spacial score (nSPS) is 27.0. The SMILES string of the molecule is COC1C(O[P+](=O)S)C(COPC)OC1n1cnc2c(=O)[nH]c(N)nc21. The maximum absolute atomic E-state index is 12.0. The van der Waals surface area contributed by atoms with E-state index in [0.29, 0.717) is 0 Å². The number of thiol groups is 1. The third-order valence-corrected chi connectivity index (χ3v) is 5.05. The molecule has 1 fully saturated rings. The Kier molecular flexibility index (Phi) is 6.24. The molecule has 0 spiro atoms. The molecule has 1 aliphatic rings. The zero-order valence-electron chi connectivity index (χ0n) is 13.9. The molecule has 11 nitrogen and oxygen atoms in total. The number of aromatic nitrogens is 4. The molecule has 0 saturated carbocycles. The van der Waals surface area contributed by atoms with Crippen LogP contribution in [0.4, 0.5) is 5.95 Å². The molecular formula is C12H18N5O6P2S+. The first-order chi connectivity index (χ1) is 12.5. The summed E-state index contributed by atoms with van der Waals surface area (Å²) in [6, 6.07) is 0. The highest BCUT2D eigenvalue weighted by Gasteiger charge is 2.51. The zero-order chi connectivity index (χ0) is 18.8. The molecule has 26 heavy (non-hydrogen) atoms. The Hall–Kier alpha value is -1.13. The van der Waals surface area contributed by atoms with Crippen LogP contribution in [0.25, 0.3) is 11.2 Å². The second kappa shape index (κ2) is 8.26. The molecule has 6 unspecified atom stereocenters.